The first kappa shape index (κ1) is 15.6. The molecule has 0 aromatic carbocycles. The lowest BCUT2D eigenvalue weighted by atomic mass is 10.1. The molecule has 0 aromatic rings. The molecule has 2 aliphatic heterocycles. The lowest BCUT2D eigenvalue weighted by molar-refractivity contribution is -0.159. The number of alkyl halides is 2. The molecule has 2 saturated heterocycles. The van der Waals surface area contributed by atoms with Crippen LogP contribution in [0.5, 0.6) is 0 Å². The Balaban J connectivity index is 1.66. The van der Waals surface area contributed by atoms with Crippen molar-refractivity contribution in [2.24, 2.45) is 5.73 Å². The number of carbonyl (C=O) groups excluding carboxylic acids is 1. The molecule has 1 atom stereocenters. The molecular formula is C13H22F2N2O3. The number of nitrogens with two attached hydrogens (primary N) is 1. The standard InChI is InChI=1S/C13H22F2N2O3/c14-13(15)8-11(20-12(13)18)9-17-5-2-10(3-6-17)19-7-1-4-16/h10-11H,1-9,16H2. The molecule has 2 heterocycles. The van der Waals surface area contributed by atoms with Gasteiger partial charge in [-0.2, -0.15) is 8.78 Å². The summed E-state index contributed by atoms with van der Waals surface area (Å²) in [4.78, 5) is 13.0. The topological polar surface area (TPSA) is 64.8 Å². The molecule has 0 bridgehead atoms. The number of carbonyl (C=O) groups is 1. The van der Waals surface area contributed by atoms with Gasteiger partial charge in [0.1, 0.15) is 6.10 Å². The average molecular weight is 292 g/mol. The first-order valence-electron chi connectivity index (χ1n) is 7.14. The van der Waals surface area contributed by atoms with E-state index >= 15 is 0 Å². The maximum atomic E-state index is 13.1. The van der Waals surface area contributed by atoms with Crippen LogP contribution in [0, 0.1) is 0 Å². The highest BCUT2D eigenvalue weighted by Gasteiger charge is 2.51. The summed E-state index contributed by atoms with van der Waals surface area (Å²) in [7, 11) is 0. The van der Waals surface area contributed by atoms with Crippen LogP contribution in [0.2, 0.25) is 0 Å². The van der Waals surface area contributed by atoms with Gasteiger partial charge in [-0.3, -0.25) is 4.90 Å². The first-order chi connectivity index (χ1) is 9.51. The first-order valence-corrected chi connectivity index (χ1v) is 7.14. The summed E-state index contributed by atoms with van der Waals surface area (Å²) in [6.45, 7) is 3.25. The largest absolute Gasteiger partial charge is 0.456 e. The Labute approximate surface area is 117 Å². The number of nitrogens with zero attached hydrogens (tertiary/aromatic N) is 1. The lowest BCUT2D eigenvalue weighted by Gasteiger charge is -2.32. The van der Waals surface area contributed by atoms with Crippen molar-refractivity contribution in [3.05, 3.63) is 0 Å². The molecule has 7 heteroatoms. The van der Waals surface area contributed by atoms with Gasteiger partial charge in [0.15, 0.2) is 0 Å². The molecule has 0 radical (unpaired) electrons. The zero-order valence-corrected chi connectivity index (χ0v) is 11.5. The third-order valence-corrected chi connectivity index (χ3v) is 3.75. The Hall–Kier alpha value is -0.790. The van der Waals surface area contributed by atoms with Gasteiger partial charge in [0.25, 0.3) is 0 Å². The molecule has 2 N–H and O–H groups in total. The van der Waals surface area contributed by atoms with Crippen LogP contribution in [0.25, 0.3) is 0 Å². The molecule has 0 amide bonds. The van der Waals surface area contributed by atoms with Crippen molar-refractivity contribution in [2.45, 2.75) is 43.8 Å². The molecule has 0 saturated carbocycles. The monoisotopic (exact) mass is 292 g/mol. The summed E-state index contributed by atoms with van der Waals surface area (Å²) in [6.07, 6.45) is 1.65. The molecule has 20 heavy (non-hydrogen) atoms. The molecule has 0 spiro atoms. The summed E-state index contributed by atoms with van der Waals surface area (Å²) >= 11 is 0. The zero-order chi connectivity index (χ0) is 14.6. The van der Waals surface area contributed by atoms with Crippen LogP contribution in [-0.2, 0) is 14.3 Å². The minimum Gasteiger partial charge on any atom is -0.456 e. The number of piperidine rings is 1. The van der Waals surface area contributed by atoms with Crippen LogP contribution in [0.4, 0.5) is 8.78 Å². The van der Waals surface area contributed by atoms with Crippen molar-refractivity contribution in [2.75, 3.05) is 32.8 Å². The Bertz CT molecular complexity index is 334. The maximum Gasteiger partial charge on any atom is 0.377 e. The SMILES string of the molecule is NCCCOC1CCN(CC2CC(F)(F)C(=O)O2)CC1. The van der Waals surface area contributed by atoms with E-state index < -0.39 is 24.4 Å². The van der Waals surface area contributed by atoms with Gasteiger partial charge < -0.3 is 15.2 Å². The molecule has 1 unspecified atom stereocenters. The van der Waals surface area contributed by atoms with Crippen LogP contribution in [0.3, 0.4) is 0 Å². The number of hydrogen-bond donors (Lipinski definition) is 1. The maximum absolute atomic E-state index is 13.1. The fraction of sp³-hybridized carbons (Fsp3) is 0.923. The number of hydrogen-bond acceptors (Lipinski definition) is 5. The second-order valence-electron chi connectivity index (χ2n) is 5.45. The molecule has 5 nitrogen and oxygen atoms in total. The Morgan fingerprint density at radius 3 is 2.65 bits per heavy atom. The van der Waals surface area contributed by atoms with Gasteiger partial charge >= 0.3 is 11.9 Å². The van der Waals surface area contributed by atoms with Crippen LogP contribution in [-0.4, -0.2) is 61.8 Å². The average Bonchev–Trinajstić information content (AvgIpc) is 2.65. The molecule has 0 aromatic heterocycles. The van der Waals surface area contributed by atoms with Gasteiger partial charge in [0.05, 0.1) is 12.5 Å². The lowest BCUT2D eigenvalue weighted by Crippen LogP contribution is -2.41. The molecule has 0 aliphatic carbocycles. The number of halogens is 2. The highest BCUT2D eigenvalue weighted by atomic mass is 19.3. The summed E-state index contributed by atoms with van der Waals surface area (Å²) in [5.74, 6) is -4.70. The van der Waals surface area contributed by atoms with Crippen LogP contribution < -0.4 is 5.73 Å². The van der Waals surface area contributed by atoms with Crippen molar-refractivity contribution < 1.29 is 23.0 Å². The third-order valence-electron chi connectivity index (χ3n) is 3.75. The normalized spacial score (nSPS) is 27.8. The fourth-order valence-electron chi connectivity index (χ4n) is 2.63. The van der Waals surface area contributed by atoms with Gasteiger partial charge in [-0.05, 0) is 25.8 Å². The highest BCUT2D eigenvalue weighted by Crippen LogP contribution is 2.31. The summed E-state index contributed by atoms with van der Waals surface area (Å²) in [5, 5.41) is 0. The third kappa shape index (κ3) is 4.10. The summed E-state index contributed by atoms with van der Waals surface area (Å²) in [5.41, 5.74) is 5.40. The minimum absolute atomic E-state index is 0.227. The summed E-state index contributed by atoms with van der Waals surface area (Å²) in [6, 6.07) is 0. The van der Waals surface area contributed by atoms with E-state index in [0.29, 0.717) is 19.7 Å². The number of ether oxygens (including phenoxy) is 2. The fourth-order valence-corrected chi connectivity index (χ4v) is 2.63. The van der Waals surface area contributed by atoms with Gasteiger partial charge in [-0.1, -0.05) is 0 Å². The predicted octanol–water partition coefficient (Wildman–Crippen LogP) is 0.767. The minimum atomic E-state index is -3.31. The number of rotatable bonds is 6. The Morgan fingerprint density at radius 2 is 2.10 bits per heavy atom. The van der Waals surface area contributed by atoms with Crippen molar-refractivity contribution in [3.8, 4) is 0 Å². The molecule has 116 valence electrons. The van der Waals surface area contributed by atoms with Crippen molar-refractivity contribution >= 4 is 5.97 Å². The van der Waals surface area contributed by atoms with E-state index in [0.717, 1.165) is 32.4 Å². The van der Waals surface area contributed by atoms with E-state index in [-0.39, 0.29) is 6.10 Å². The second-order valence-corrected chi connectivity index (χ2v) is 5.45. The Kier molecular flexibility index (Phi) is 5.29. The van der Waals surface area contributed by atoms with Crippen LogP contribution in [0.1, 0.15) is 25.7 Å². The van der Waals surface area contributed by atoms with Crippen molar-refractivity contribution in [1.29, 1.82) is 0 Å². The van der Waals surface area contributed by atoms with Crippen molar-refractivity contribution in [1.82, 2.24) is 4.90 Å². The summed E-state index contributed by atoms with van der Waals surface area (Å²) < 4.78 is 36.5. The van der Waals surface area contributed by atoms with Crippen LogP contribution in [0.15, 0.2) is 0 Å². The highest BCUT2D eigenvalue weighted by molar-refractivity contribution is 5.79. The number of likely N-dealkylation sites (tertiary alicyclic amines) is 1. The van der Waals surface area contributed by atoms with E-state index in [2.05, 4.69) is 4.90 Å². The van der Waals surface area contributed by atoms with Crippen LogP contribution >= 0.6 is 0 Å². The number of esters is 1. The molecule has 2 fully saturated rings. The smallest absolute Gasteiger partial charge is 0.377 e. The zero-order valence-electron chi connectivity index (χ0n) is 11.5. The van der Waals surface area contributed by atoms with E-state index in [1.54, 1.807) is 0 Å². The molecular weight excluding hydrogens is 270 g/mol. The van der Waals surface area contributed by atoms with Gasteiger partial charge in [0, 0.05) is 26.2 Å². The number of cyclic esters (lactones) is 1. The second kappa shape index (κ2) is 6.78. The molecule has 2 aliphatic rings. The van der Waals surface area contributed by atoms with E-state index in [9.17, 15) is 13.6 Å². The quantitative estimate of drug-likeness (QED) is 0.578. The van der Waals surface area contributed by atoms with Gasteiger partial charge in [-0.25, -0.2) is 4.79 Å². The molecule has 2 rings (SSSR count). The van der Waals surface area contributed by atoms with E-state index in [1.165, 1.54) is 0 Å². The van der Waals surface area contributed by atoms with E-state index in [4.69, 9.17) is 15.2 Å². The van der Waals surface area contributed by atoms with Crippen molar-refractivity contribution in [3.63, 3.8) is 0 Å². The predicted molar refractivity (Wildman–Crippen MR) is 68.5 cm³/mol. The van der Waals surface area contributed by atoms with E-state index in [1.807, 2.05) is 0 Å². The van der Waals surface area contributed by atoms with Gasteiger partial charge in [-0.15, -0.1) is 0 Å². The Morgan fingerprint density at radius 1 is 1.40 bits per heavy atom. The van der Waals surface area contributed by atoms with Gasteiger partial charge in [0.2, 0.25) is 0 Å².